The maximum absolute atomic E-state index is 12.1. The lowest BCUT2D eigenvalue weighted by molar-refractivity contribution is 0.103. The number of rotatable bonds is 4. The van der Waals surface area contributed by atoms with Gasteiger partial charge in [-0.3, -0.25) is 4.79 Å². The first-order valence-electron chi connectivity index (χ1n) is 5.72. The van der Waals surface area contributed by atoms with Crippen LogP contribution >= 0.6 is 11.3 Å². The van der Waals surface area contributed by atoms with Gasteiger partial charge in [0.05, 0.1) is 12.3 Å². The Hall–Kier alpha value is -1.92. The van der Waals surface area contributed by atoms with Crippen LogP contribution in [0.2, 0.25) is 0 Å². The van der Waals surface area contributed by atoms with E-state index in [1.807, 2.05) is 24.3 Å². The summed E-state index contributed by atoms with van der Waals surface area (Å²) in [5.74, 6) is -0.193. The molecule has 0 bridgehead atoms. The van der Waals surface area contributed by atoms with Crippen LogP contribution in [0.4, 0.5) is 10.8 Å². The molecule has 0 radical (unpaired) electrons. The van der Waals surface area contributed by atoms with E-state index in [1.165, 1.54) is 11.3 Å². The zero-order chi connectivity index (χ0) is 13.8. The second kappa shape index (κ2) is 5.81. The van der Waals surface area contributed by atoms with Crippen molar-refractivity contribution in [2.45, 2.75) is 13.5 Å². The van der Waals surface area contributed by atoms with Crippen molar-refractivity contribution >= 4 is 28.1 Å². The zero-order valence-electron chi connectivity index (χ0n) is 10.8. The smallest absolute Gasteiger partial charge is 0.267 e. The molecule has 1 heterocycles. The third-order valence-electron chi connectivity index (χ3n) is 2.52. The molecule has 0 aliphatic rings. The SMILES string of the molecule is COCc1cccc(NC(=O)c2sc(N)nc2C)c1. The van der Waals surface area contributed by atoms with Crippen molar-refractivity contribution in [2.75, 3.05) is 18.2 Å². The minimum absolute atomic E-state index is 0.193. The third-order valence-corrected chi connectivity index (χ3v) is 3.50. The molecule has 2 aromatic rings. The molecule has 0 unspecified atom stereocenters. The highest BCUT2D eigenvalue weighted by molar-refractivity contribution is 7.17. The van der Waals surface area contributed by atoms with Crippen molar-refractivity contribution in [3.63, 3.8) is 0 Å². The van der Waals surface area contributed by atoms with Gasteiger partial charge in [-0.05, 0) is 24.6 Å². The lowest BCUT2D eigenvalue weighted by Crippen LogP contribution is -2.11. The Morgan fingerprint density at radius 1 is 1.53 bits per heavy atom. The van der Waals surface area contributed by atoms with Gasteiger partial charge in [0.1, 0.15) is 4.88 Å². The zero-order valence-corrected chi connectivity index (χ0v) is 11.6. The summed E-state index contributed by atoms with van der Waals surface area (Å²) in [5.41, 5.74) is 7.96. The van der Waals surface area contributed by atoms with E-state index in [1.54, 1.807) is 14.0 Å². The van der Waals surface area contributed by atoms with E-state index in [2.05, 4.69) is 10.3 Å². The molecule has 0 saturated carbocycles. The van der Waals surface area contributed by atoms with Gasteiger partial charge in [0.25, 0.3) is 5.91 Å². The third kappa shape index (κ3) is 3.30. The lowest BCUT2D eigenvalue weighted by Gasteiger charge is -2.06. The van der Waals surface area contributed by atoms with Crippen LogP contribution < -0.4 is 11.1 Å². The number of nitrogens with two attached hydrogens (primary N) is 1. The maximum atomic E-state index is 12.1. The monoisotopic (exact) mass is 277 g/mol. The summed E-state index contributed by atoms with van der Waals surface area (Å²) in [6.07, 6.45) is 0. The normalized spacial score (nSPS) is 10.4. The summed E-state index contributed by atoms with van der Waals surface area (Å²) >= 11 is 1.19. The number of carbonyl (C=O) groups is 1. The van der Waals surface area contributed by atoms with Crippen LogP contribution in [0, 0.1) is 6.92 Å². The van der Waals surface area contributed by atoms with E-state index >= 15 is 0 Å². The average molecular weight is 277 g/mol. The number of nitrogen functional groups attached to an aromatic ring is 1. The van der Waals surface area contributed by atoms with Crippen molar-refractivity contribution in [3.8, 4) is 0 Å². The Kier molecular flexibility index (Phi) is 4.13. The fourth-order valence-electron chi connectivity index (χ4n) is 1.72. The number of anilines is 2. The van der Waals surface area contributed by atoms with E-state index < -0.39 is 0 Å². The molecule has 0 aliphatic carbocycles. The maximum Gasteiger partial charge on any atom is 0.267 e. The molecule has 1 aromatic carbocycles. The molecular weight excluding hydrogens is 262 g/mol. The van der Waals surface area contributed by atoms with Gasteiger partial charge >= 0.3 is 0 Å². The predicted octanol–water partition coefficient (Wildman–Crippen LogP) is 2.43. The first-order chi connectivity index (χ1) is 9.10. The summed E-state index contributed by atoms with van der Waals surface area (Å²) in [7, 11) is 1.63. The summed E-state index contributed by atoms with van der Waals surface area (Å²) < 4.78 is 5.06. The molecule has 0 fully saturated rings. The summed E-state index contributed by atoms with van der Waals surface area (Å²) in [4.78, 5) is 16.7. The largest absolute Gasteiger partial charge is 0.380 e. The highest BCUT2D eigenvalue weighted by atomic mass is 32.1. The van der Waals surface area contributed by atoms with Crippen molar-refractivity contribution < 1.29 is 9.53 Å². The van der Waals surface area contributed by atoms with Crippen molar-refractivity contribution in [1.82, 2.24) is 4.98 Å². The second-order valence-corrected chi connectivity index (χ2v) is 5.08. The Balaban J connectivity index is 2.14. The second-order valence-electron chi connectivity index (χ2n) is 4.05. The van der Waals surface area contributed by atoms with Crippen LogP contribution in [0.15, 0.2) is 24.3 Å². The highest BCUT2D eigenvalue weighted by Gasteiger charge is 2.14. The van der Waals surface area contributed by atoms with E-state index in [9.17, 15) is 4.79 Å². The number of aryl methyl sites for hydroxylation is 1. The van der Waals surface area contributed by atoms with Crippen LogP contribution in [0.1, 0.15) is 20.9 Å². The van der Waals surface area contributed by atoms with Gasteiger partial charge in [0, 0.05) is 12.8 Å². The number of nitrogens with one attached hydrogen (secondary N) is 1. The van der Waals surface area contributed by atoms with E-state index in [0.717, 1.165) is 11.3 Å². The predicted molar refractivity (Wildman–Crippen MR) is 76.4 cm³/mol. The first kappa shape index (κ1) is 13.5. The number of benzene rings is 1. The van der Waals surface area contributed by atoms with Gasteiger partial charge in [-0.25, -0.2) is 4.98 Å². The molecule has 2 rings (SSSR count). The highest BCUT2D eigenvalue weighted by Crippen LogP contribution is 2.21. The van der Waals surface area contributed by atoms with Crippen molar-refractivity contribution in [1.29, 1.82) is 0 Å². The van der Waals surface area contributed by atoms with Crippen LogP contribution in [0.3, 0.4) is 0 Å². The number of nitrogens with zero attached hydrogens (tertiary/aromatic N) is 1. The van der Waals surface area contributed by atoms with Crippen LogP contribution in [-0.2, 0) is 11.3 Å². The van der Waals surface area contributed by atoms with E-state index in [-0.39, 0.29) is 5.91 Å². The molecule has 0 atom stereocenters. The Bertz CT molecular complexity index is 595. The average Bonchev–Trinajstić information content (AvgIpc) is 2.69. The van der Waals surface area contributed by atoms with E-state index in [0.29, 0.717) is 22.3 Å². The van der Waals surface area contributed by atoms with Gasteiger partial charge in [0.2, 0.25) is 0 Å². The molecule has 0 saturated heterocycles. The van der Waals surface area contributed by atoms with Gasteiger partial charge < -0.3 is 15.8 Å². The number of hydrogen-bond acceptors (Lipinski definition) is 5. The Labute approximate surface area is 115 Å². The number of thiazole rings is 1. The summed E-state index contributed by atoms with van der Waals surface area (Å²) in [6, 6.07) is 7.52. The Morgan fingerprint density at radius 3 is 2.95 bits per heavy atom. The quantitative estimate of drug-likeness (QED) is 0.899. The number of carbonyl (C=O) groups excluding carboxylic acids is 1. The van der Waals surface area contributed by atoms with Gasteiger partial charge in [0.15, 0.2) is 5.13 Å². The summed E-state index contributed by atoms with van der Waals surface area (Å²) in [6.45, 7) is 2.28. The number of hydrogen-bond donors (Lipinski definition) is 2. The minimum Gasteiger partial charge on any atom is -0.380 e. The molecule has 19 heavy (non-hydrogen) atoms. The molecule has 1 aromatic heterocycles. The topological polar surface area (TPSA) is 77.2 Å². The molecular formula is C13H15N3O2S. The van der Waals surface area contributed by atoms with Crippen molar-refractivity contribution in [2.24, 2.45) is 0 Å². The Morgan fingerprint density at radius 2 is 2.32 bits per heavy atom. The van der Waals surface area contributed by atoms with Crippen LogP contribution in [-0.4, -0.2) is 18.0 Å². The van der Waals surface area contributed by atoms with Gasteiger partial charge in [-0.2, -0.15) is 0 Å². The van der Waals surface area contributed by atoms with Gasteiger partial charge in [-0.1, -0.05) is 23.5 Å². The van der Waals surface area contributed by atoms with Crippen LogP contribution in [0.5, 0.6) is 0 Å². The number of ether oxygens (including phenoxy) is 1. The standard InChI is InChI=1S/C13H15N3O2S/c1-8-11(19-13(14)15-8)12(17)16-10-5-3-4-9(6-10)7-18-2/h3-6H,7H2,1-2H3,(H2,14,15)(H,16,17). The molecule has 6 heteroatoms. The number of methoxy groups -OCH3 is 1. The molecule has 0 aliphatic heterocycles. The van der Waals surface area contributed by atoms with E-state index in [4.69, 9.17) is 10.5 Å². The minimum atomic E-state index is -0.193. The van der Waals surface area contributed by atoms with Crippen molar-refractivity contribution in [3.05, 3.63) is 40.4 Å². The molecule has 100 valence electrons. The molecule has 3 N–H and O–H groups in total. The lowest BCUT2D eigenvalue weighted by atomic mass is 10.2. The molecule has 0 spiro atoms. The fourth-order valence-corrected chi connectivity index (χ4v) is 2.45. The van der Waals surface area contributed by atoms with Gasteiger partial charge in [-0.15, -0.1) is 0 Å². The summed E-state index contributed by atoms with van der Waals surface area (Å²) in [5, 5.41) is 3.23. The number of amides is 1. The fraction of sp³-hybridized carbons (Fsp3) is 0.231. The first-order valence-corrected chi connectivity index (χ1v) is 6.54. The number of aromatic nitrogens is 1. The molecule has 1 amide bonds. The molecule has 5 nitrogen and oxygen atoms in total. The van der Waals surface area contributed by atoms with Crippen LogP contribution in [0.25, 0.3) is 0 Å².